The number of piperidine rings is 1. The molecule has 102 valence electrons. The van der Waals surface area contributed by atoms with Crippen LogP contribution in [0.25, 0.3) is 0 Å². The molecule has 0 bridgehead atoms. The third-order valence-corrected chi connectivity index (χ3v) is 4.32. The molecule has 1 atom stereocenters. The Kier molecular flexibility index (Phi) is 7.09. The minimum Gasteiger partial charge on any atom is -0.329 e. The summed E-state index contributed by atoms with van der Waals surface area (Å²) < 4.78 is 0. The number of rotatable bonds is 7. The molecule has 2 N–H and O–H groups in total. The van der Waals surface area contributed by atoms with Crippen molar-refractivity contribution in [3.8, 4) is 0 Å². The number of likely N-dealkylation sites (N-methyl/N-ethyl adjacent to an activating group) is 1. The molecule has 3 heteroatoms. The monoisotopic (exact) mass is 241 g/mol. The second kappa shape index (κ2) is 8.06. The van der Waals surface area contributed by atoms with Gasteiger partial charge in [0.05, 0.1) is 0 Å². The number of likely N-dealkylation sites (tertiary alicyclic amines) is 1. The van der Waals surface area contributed by atoms with Crippen LogP contribution in [-0.2, 0) is 0 Å². The van der Waals surface area contributed by atoms with Crippen molar-refractivity contribution in [2.45, 2.75) is 58.0 Å². The smallest absolute Gasteiger partial charge is 0.0218 e. The molecule has 1 unspecified atom stereocenters. The molecular weight excluding hydrogens is 210 g/mol. The van der Waals surface area contributed by atoms with E-state index in [0.29, 0.717) is 6.04 Å². The van der Waals surface area contributed by atoms with Gasteiger partial charge in [-0.05, 0) is 45.9 Å². The molecule has 1 heterocycles. The Hall–Kier alpha value is -0.120. The van der Waals surface area contributed by atoms with Crippen molar-refractivity contribution in [1.29, 1.82) is 0 Å². The van der Waals surface area contributed by atoms with Crippen molar-refractivity contribution in [2.24, 2.45) is 5.73 Å². The van der Waals surface area contributed by atoms with E-state index in [1.165, 1.54) is 51.7 Å². The van der Waals surface area contributed by atoms with Crippen LogP contribution in [0.4, 0.5) is 0 Å². The van der Waals surface area contributed by atoms with Gasteiger partial charge in [-0.2, -0.15) is 0 Å². The zero-order valence-corrected chi connectivity index (χ0v) is 12.0. The van der Waals surface area contributed by atoms with E-state index in [0.717, 1.165) is 12.6 Å². The van der Waals surface area contributed by atoms with Crippen LogP contribution in [0.1, 0.15) is 46.0 Å². The lowest BCUT2D eigenvalue weighted by atomic mass is 10.00. The Morgan fingerprint density at radius 2 is 1.94 bits per heavy atom. The second-order valence-electron chi connectivity index (χ2n) is 5.36. The molecule has 1 fully saturated rings. The highest BCUT2D eigenvalue weighted by Gasteiger charge is 2.25. The molecular formula is C14H31N3. The van der Waals surface area contributed by atoms with E-state index in [-0.39, 0.29) is 0 Å². The van der Waals surface area contributed by atoms with Crippen molar-refractivity contribution in [3.05, 3.63) is 0 Å². The van der Waals surface area contributed by atoms with Crippen LogP contribution in [-0.4, -0.2) is 55.1 Å². The predicted octanol–water partition coefficient (Wildman–Crippen LogP) is 1.92. The van der Waals surface area contributed by atoms with Crippen molar-refractivity contribution >= 4 is 0 Å². The first kappa shape index (κ1) is 14.9. The maximum Gasteiger partial charge on any atom is 0.0218 e. The molecule has 0 spiro atoms. The zero-order chi connectivity index (χ0) is 12.7. The van der Waals surface area contributed by atoms with E-state index in [4.69, 9.17) is 5.73 Å². The number of unbranched alkanes of at least 4 members (excludes halogenated alkanes) is 1. The SMILES string of the molecule is CCCCC(CN)N(C)C1CCN(CC)CC1. The van der Waals surface area contributed by atoms with E-state index in [2.05, 4.69) is 30.7 Å². The van der Waals surface area contributed by atoms with Gasteiger partial charge in [-0.3, -0.25) is 4.90 Å². The van der Waals surface area contributed by atoms with Gasteiger partial charge in [0.15, 0.2) is 0 Å². The highest BCUT2D eigenvalue weighted by atomic mass is 15.2. The summed E-state index contributed by atoms with van der Waals surface area (Å²) in [5.41, 5.74) is 5.92. The summed E-state index contributed by atoms with van der Waals surface area (Å²) in [5.74, 6) is 0. The van der Waals surface area contributed by atoms with Crippen LogP contribution in [0.15, 0.2) is 0 Å². The summed E-state index contributed by atoms with van der Waals surface area (Å²) in [7, 11) is 2.28. The largest absolute Gasteiger partial charge is 0.329 e. The fourth-order valence-corrected chi connectivity index (χ4v) is 2.87. The first-order valence-corrected chi connectivity index (χ1v) is 7.37. The average Bonchev–Trinajstić information content (AvgIpc) is 2.39. The number of hydrogen-bond acceptors (Lipinski definition) is 3. The van der Waals surface area contributed by atoms with Gasteiger partial charge < -0.3 is 10.6 Å². The Labute approximate surface area is 107 Å². The van der Waals surface area contributed by atoms with Crippen LogP contribution in [0.3, 0.4) is 0 Å². The molecule has 1 saturated heterocycles. The van der Waals surface area contributed by atoms with Gasteiger partial charge in [-0.15, -0.1) is 0 Å². The Morgan fingerprint density at radius 1 is 1.29 bits per heavy atom. The highest BCUT2D eigenvalue weighted by molar-refractivity contribution is 4.82. The first-order chi connectivity index (χ1) is 8.22. The van der Waals surface area contributed by atoms with E-state index in [1.54, 1.807) is 0 Å². The molecule has 0 amide bonds. The van der Waals surface area contributed by atoms with Gasteiger partial charge in [0, 0.05) is 18.6 Å². The highest BCUT2D eigenvalue weighted by Crippen LogP contribution is 2.19. The van der Waals surface area contributed by atoms with E-state index in [9.17, 15) is 0 Å². The van der Waals surface area contributed by atoms with Crippen LogP contribution in [0.5, 0.6) is 0 Å². The van der Waals surface area contributed by atoms with Gasteiger partial charge in [-0.25, -0.2) is 0 Å². The molecule has 0 saturated carbocycles. The lowest BCUT2D eigenvalue weighted by molar-refractivity contribution is 0.0964. The maximum absolute atomic E-state index is 5.92. The number of hydrogen-bond donors (Lipinski definition) is 1. The number of nitrogens with zero attached hydrogens (tertiary/aromatic N) is 2. The third-order valence-electron chi connectivity index (χ3n) is 4.32. The molecule has 0 aromatic carbocycles. The Morgan fingerprint density at radius 3 is 2.41 bits per heavy atom. The van der Waals surface area contributed by atoms with Crippen LogP contribution >= 0.6 is 0 Å². The molecule has 1 aliphatic rings. The molecule has 0 aromatic heterocycles. The third kappa shape index (κ3) is 4.57. The minimum absolute atomic E-state index is 0.591. The topological polar surface area (TPSA) is 32.5 Å². The standard InChI is InChI=1S/C14H31N3/c1-4-6-7-14(12-15)16(3)13-8-10-17(5-2)11-9-13/h13-14H,4-12,15H2,1-3H3. The fraction of sp³-hybridized carbons (Fsp3) is 1.00. The Balaban J connectivity index is 2.37. The molecule has 1 aliphatic heterocycles. The molecule has 0 aliphatic carbocycles. The van der Waals surface area contributed by atoms with Crippen molar-refractivity contribution < 1.29 is 0 Å². The van der Waals surface area contributed by atoms with Crippen LogP contribution in [0.2, 0.25) is 0 Å². The normalized spacial score (nSPS) is 21.0. The minimum atomic E-state index is 0.591. The van der Waals surface area contributed by atoms with Crippen molar-refractivity contribution in [2.75, 3.05) is 33.2 Å². The summed E-state index contributed by atoms with van der Waals surface area (Å²) in [6.45, 7) is 9.05. The van der Waals surface area contributed by atoms with Gasteiger partial charge in [0.2, 0.25) is 0 Å². The van der Waals surface area contributed by atoms with Crippen molar-refractivity contribution in [3.63, 3.8) is 0 Å². The summed E-state index contributed by atoms with van der Waals surface area (Å²) in [5, 5.41) is 0. The van der Waals surface area contributed by atoms with Crippen LogP contribution in [0, 0.1) is 0 Å². The molecule has 3 nitrogen and oxygen atoms in total. The van der Waals surface area contributed by atoms with Gasteiger partial charge in [-0.1, -0.05) is 26.7 Å². The predicted molar refractivity (Wildman–Crippen MR) is 75.3 cm³/mol. The second-order valence-corrected chi connectivity index (χ2v) is 5.36. The fourth-order valence-electron chi connectivity index (χ4n) is 2.87. The maximum atomic E-state index is 5.92. The van der Waals surface area contributed by atoms with E-state index >= 15 is 0 Å². The summed E-state index contributed by atoms with van der Waals surface area (Å²) in [6.07, 6.45) is 6.47. The zero-order valence-electron chi connectivity index (χ0n) is 12.0. The summed E-state index contributed by atoms with van der Waals surface area (Å²) >= 11 is 0. The number of nitrogens with two attached hydrogens (primary N) is 1. The molecule has 1 rings (SSSR count). The quantitative estimate of drug-likeness (QED) is 0.739. The van der Waals surface area contributed by atoms with Crippen molar-refractivity contribution in [1.82, 2.24) is 9.80 Å². The van der Waals surface area contributed by atoms with Crippen LogP contribution < -0.4 is 5.73 Å². The summed E-state index contributed by atoms with van der Waals surface area (Å²) in [6, 6.07) is 1.34. The molecule has 17 heavy (non-hydrogen) atoms. The van der Waals surface area contributed by atoms with Gasteiger partial charge >= 0.3 is 0 Å². The lowest BCUT2D eigenvalue weighted by Gasteiger charge is -2.40. The van der Waals surface area contributed by atoms with Gasteiger partial charge in [0.1, 0.15) is 0 Å². The van der Waals surface area contributed by atoms with Gasteiger partial charge in [0.25, 0.3) is 0 Å². The van der Waals surface area contributed by atoms with E-state index < -0.39 is 0 Å². The molecule has 0 radical (unpaired) electrons. The average molecular weight is 241 g/mol. The van der Waals surface area contributed by atoms with E-state index in [1.807, 2.05) is 0 Å². The Bertz CT molecular complexity index is 188. The molecule has 0 aromatic rings. The summed E-state index contributed by atoms with van der Waals surface area (Å²) in [4.78, 5) is 5.11. The first-order valence-electron chi connectivity index (χ1n) is 7.37. The lowest BCUT2D eigenvalue weighted by Crippen LogP contribution is -2.49.